The number of esters is 1. The normalized spacial score (nSPS) is 14.3. The highest BCUT2D eigenvalue weighted by atomic mass is 16.6. The van der Waals surface area contributed by atoms with Crippen LogP contribution >= 0.6 is 0 Å². The van der Waals surface area contributed by atoms with Crippen LogP contribution in [0.15, 0.2) is 42.5 Å². The van der Waals surface area contributed by atoms with Gasteiger partial charge in [0, 0.05) is 11.6 Å². The standard InChI is InChI=1S/C22H25NO4/c1-14-11-15(2)20(16(3)12-14)26-13-19(24)27-21(17-7-5-4-6-8-17)22(25)23-18-9-10-18/h4-8,11-12,18,21H,9-10,13H2,1-3H3,(H,23,25)/t21-/m1/s1. The Morgan fingerprint density at radius 3 is 2.30 bits per heavy atom. The van der Waals surface area contributed by atoms with Crippen LogP contribution in [-0.2, 0) is 14.3 Å². The molecular weight excluding hydrogens is 342 g/mol. The Hall–Kier alpha value is -2.82. The summed E-state index contributed by atoms with van der Waals surface area (Å²) in [6, 6.07) is 13.2. The zero-order valence-corrected chi connectivity index (χ0v) is 16.0. The van der Waals surface area contributed by atoms with Gasteiger partial charge in [0.05, 0.1) is 0 Å². The summed E-state index contributed by atoms with van der Waals surface area (Å²) in [4.78, 5) is 24.9. The summed E-state index contributed by atoms with van der Waals surface area (Å²) in [6.07, 6.45) is 0.968. The van der Waals surface area contributed by atoms with Crippen molar-refractivity contribution < 1.29 is 19.1 Å². The largest absolute Gasteiger partial charge is 0.481 e. The molecular formula is C22H25NO4. The van der Waals surface area contributed by atoms with Gasteiger partial charge >= 0.3 is 5.97 Å². The second-order valence-corrected chi connectivity index (χ2v) is 7.08. The van der Waals surface area contributed by atoms with Gasteiger partial charge in [-0.05, 0) is 44.7 Å². The topological polar surface area (TPSA) is 64.6 Å². The number of hydrogen-bond acceptors (Lipinski definition) is 4. The average Bonchev–Trinajstić information content (AvgIpc) is 3.43. The molecule has 0 saturated heterocycles. The van der Waals surface area contributed by atoms with E-state index in [-0.39, 0.29) is 18.6 Å². The first-order valence-corrected chi connectivity index (χ1v) is 9.19. The molecule has 1 N–H and O–H groups in total. The van der Waals surface area contributed by atoms with Crippen LogP contribution in [0.2, 0.25) is 0 Å². The molecule has 1 fully saturated rings. The van der Waals surface area contributed by atoms with Crippen molar-refractivity contribution in [1.29, 1.82) is 0 Å². The Morgan fingerprint density at radius 2 is 1.70 bits per heavy atom. The average molecular weight is 367 g/mol. The third-order valence-electron chi connectivity index (χ3n) is 4.45. The van der Waals surface area contributed by atoms with E-state index in [2.05, 4.69) is 5.32 Å². The van der Waals surface area contributed by atoms with Crippen LogP contribution < -0.4 is 10.1 Å². The molecule has 0 unspecified atom stereocenters. The van der Waals surface area contributed by atoms with Crippen molar-refractivity contribution >= 4 is 11.9 Å². The molecule has 0 aromatic heterocycles. The monoisotopic (exact) mass is 367 g/mol. The molecule has 0 spiro atoms. The Kier molecular flexibility index (Phi) is 5.79. The van der Waals surface area contributed by atoms with E-state index in [4.69, 9.17) is 9.47 Å². The van der Waals surface area contributed by atoms with Gasteiger partial charge in [-0.25, -0.2) is 4.79 Å². The molecule has 2 aromatic rings. The first-order valence-electron chi connectivity index (χ1n) is 9.19. The minimum atomic E-state index is -0.969. The van der Waals surface area contributed by atoms with Gasteiger partial charge in [0.2, 0.25) is 6.10 Å². The van der Waals surface area contributed by atoms with Crippen molar-refractivity contribution in [2.24, 2.45) is 0 Å². The highest BCUT2D eigenvalue weighted by molar-refractivity contribution is 5.85. The molecule has 5 nitrogen and oxygen atoms in total. The van der Waals surface area contributed by atoms with E-state index in [1.54, 1.807) is 12.1 Å². The maximum absolute atomic E-state index is 12.5. The molecule has 142 valence electrons. The fraction of sp³-hybridized carbons (Fsp3) is 0.364. The highest BCUT2D eigenvalue weighted by Crippen LogP contribution is 2.26. The number of hydrogen-bond donors (Lipinski definition) is 1. The Balaban J connectivity index is 1.66. The maximum Gasteiger partial charge on any atom is 0.345 e. The second kappa shape index (κ2) is 8.25. The SMILES string of the molecule is Cc1cc(C)c(OCC(=O)O[C@@H](C(=O)NC2CC2)c2ccccc2)c(C)c1. The molecule has 0 aliphatic heterocycles. The minimum absolute atomic E-state index is 0.191. The predicted molar refractivity (Wildman–Crippen MR) is 103 cm³/mol. The number of rotatable bonds is 7. The second-order valence-electron chi connectivity index (χ2n) is 7.08. The molecule has 1 aliphatic rings. The van der Waals surface area contributed by atoms with E-state index in [0.29, 0.717) is 11.3 Å². The van der Waals surface area contributed by atoms with Crippen LogP contribution in [-0.4, -0.2) is 24.5 Å². The third kappa shape index (κ3) is 5.09. The van der Waals surface area contributed by atoms with Crippen LogP contribution in [0.1, 0.15) is 41.2 Å². The quantitative estimate of drug-likeness (QED) is 0.760. The minimum Gasteiger partial charge on any atom is -0.481 e. The van der Waals surface area contributed by atoms with E-state index >= 15 is 0 Å². The van der Waals surface area contributed by atoms with Crippen molar-refractivity contribution in [3.8, 4) is 5.75 Å². The van der Waals surface area contributed by atoms with Crippen molar-refractivity contribution in [3.05, 3.63) is 64.7 Å². The zero-order valence-electron chi connectivity index (χ0n) is 16.0. The van der Waals surface area contributed by atoms with E-state index < -0.39 is 12.1 Å². The van der Waals surface area contributed by atoms with E-state index in [9.17, 15) is 9.59 Å². The fourth-order valence-electron chi connectivity index (χ4n) is 3.10. The van der Waals surface area contributed by atoms with Gasteiger partial charge < -0.3 is 14.8 Å². The lowest BCUT2D eigenvalue weighted by Gasteiger charge is -2.19. The lowest BCUT2D eigenvalue weighted by atomic mass is 10.1. The van der Waals surface area contributed by atoms with Crippen molar-refractivity contribution in [2.75, 3.05) is 6.61 Å². The van der Waals surface area contributed by atoms with E-state index in [0.717, 1.165) is 29.5 Å². The maximum atomic E-state index is 12.5. The number of benzene rings is 2. The summed E-state index contributed by atoms with van der Waals surface area (Å²) in [7, 11) is 0. The summed E-state index contributed by atoms with van der Waals surface area (Å²) in [5.41, 5.74) is 3.71. The molecule has 0 heterocycles. The molecule has 0 bridgehead atoms. The van der Waals surface area contributed by atoms with Crippen LogP contribution in [0.25, 0.3) is 0 Å². The first-order chi connectivity index (χ1) is 12.9. The molecule has 2 aromatic carbocycles. The van der Waals surface area contributed by atoms with Crippen LogP contribution in [0, 0.1) is 20.8 Å². The summed E-state index contributed by atoms with van der Waals surface area (Å²) in [5, 5.41) is 2.90. The molecule has 3 rings (SSSR count). The Labute approximate surface area is 159 Å². The van der Waals surface area contributed by atoms with Gasteiger partial charge in [-0.3, -0.25) is 4.79 Å². The molecule has 27 heavy (non-hydrogen) atoms. The Morgan fingerprint density at radius 1 is 1.07 bits per heavy atom. The summed E-state index contributed by atoms with van der Waals surface area (Å²) in [6.45, 7) is 5.65. The number of carbonyl (C=O) groups excluding carboxylic acids is 2. The smallest absolute Gasteiger partial charge is 0.345 e. The predicted octanol–water partition coefficient (Wildman–Crippen LogP) is 3.55. The molecule has 5 heteroatoms. The fourth-order valence-corrected chi connectivity index (χ4v) is 3.10. The number of ether oxygens (including phenoxy) is 2. The summed E-state index contributed by atoms with van der Waals surface area (Å²) >= 11 is 0. The van der Waals surface area contributed by atoms with E-state index in [1.807, 2.05) is 51.1 Å². The van der Waals surface area contributed by atoms with Crippen LogP contribution in [0.5, 0.6) is 5.75 Å². The third-order valence-corrected chi connectivity index (χ3v) is 4.45. The van der Waals surface area contributed by atoms with Gasteiger partial charge in [-0.1, -0.05) is 48.0 Å². The molecule has 0 radical (unpaired) electrons. The van der Waals surface area contributed by atoms with Gasteiger partial charge in [0.15, 0.2) is 6.61 Å². The van der Waals surface area contributed by atoms with Crippen molar-refractivity contribution in [3.63, 3.8) is 0 Å². The van der Waals surface area contributed by atoms with Crippen LogP contribution in [0.4, 0.5) is 0 Å². The van der Waals surface area contributed by atoms with Gasteiger partial charge in [0.25, 0.3) is 5.91 Å². The molecule has 1 aliphatic carbocycles. The first kappa shape index (κ1) is 19.0. The van der Waals surface area contributed by atoms with Crippen LogP contribution in [0.3, 0.4) is 0 Å². The van der Waals surface area contributed by atoms with Gasteiger partial charge in [0.1, 0.15) is 5.75 Å². The van der Waals surface area contributed by atoms with Gasteiger partial charge in [-0.15, -0.1) is 0 Å². The van der Waals surface area contributed by atoms with E-state index in [1.165, 1.54) is 0 Å². The lowest BCUT2D eigenvalue weighted by Crippen LogP contribution is -2.34. The molecule has 1 amide bonds. The summed E-state index contributed by atoms with van der Waals surface area (Å²) < 4.78 is 11.2. The lowest BCUT2D eigenvalue weighted by molar-refractivity contribution is -0.158. The Bertz CT molecular complexity index is 804. The zero-order chi connectivity index (χ0) is 19.4. The summed E-state index contributed by atoms with van der Waals surface area (Å²) in [5.74, 6) is -0.190. The number of carbonyl (C=O) groups is 2. The van der Waals surface area contributed by atoms with Crippen molar-refractivity contribution in [1.82, 2.24) is 5.32 Å². The number of aryl methyl sites for hydroxylation is 3. The highest BCUT2D eigenvalue weighted by Gasteiger charge is 2.30. The molecule has 1 atom stereocenters. The van der Waals surface area contributed by atoms with Gasteiger partial charge in [-0.2, -0.15) is 0 Å². The van der Waals surface area contributed by atoms with Crippen molar-refractivity contribution in [2.45, 2.75) is 45.8 Å². The molecule has 1 saturated carbocycles. The number of amides is 1. The number of nitrogens with one attached hydrogen (secondary N) is 1.